The van der Waals surface area contributed by atoms with Gasteiger partial charge in [-0.3, -0.25) is 13.9 Å². The molecule has 10 nitrogen and oxygen atoms in total. The largest absolute Gasteiger partial charge is 0.497 e. The van der Waals surface area contributed by atoms with E-state index in [1.54, 1.807) is 38.3 Å². The first-order chi connectivity index (χ1) is 17.7. The minimum Gasteiger partial charge on any atom is -0.497 e. The lowest BCUT2D eigenvalue weighted by atomic mass is 10.1. The van der Waals surface area contributed by atoms with E-state index in [4.69, 9.17) is 14.2 Å². The van der Waals surface area contributed by atoms with Crippen molar-refractivity contribution in [1.82, 2.24) is 10.2 Å². The molecule has 0 fully saturated rings. The van der Waals surface area contributed by atoms with Crippen LogP contribution < -0.4 is 23.8 Å². The highest BCUT2D eigenvalue weighted by Gasteiger charge is 2.33. The van der Waals surface area contributed by atoms with Crippen LogP contribution >= 0.6 is 0 Å². The zero-order chi connectivity index (χ0) is 28.7. The minimum absolute atomic E-state index is 0.0729. The number of ether oxygens (including phenoxy) is 3. The lowest BCUT2D eigenvalue weighted by Crippen LogP contribution is -2.55. The van der Waals surface area contributed by atoms with Crippen LogP contribution in [0.15, 0.2) is 42.5 Å². The number of hydrogen-bond donors (Lipinski definition) is 1. The summed E-state index contributed by atoms with van der Waals surface area (Å²) in [5, 5.41) is 2.94. The zero-order valence-corrected chi connectivity index (χ0v) is 24.2. The molecule has 0 aromatic heterocycles. The van der Waals surface area contributed by atoms with Gasteiger partial charge >= 0.3 is 0 Å². The van der Waals surface area contributed by atoms with Crippen LogP contribution in [-0.4, -0.2) is 70.8 Å². The summed E-state index contributed by atoms with van der Waals surface area (Å²) in [6.45, 7) is 6.90. The summed E-state index contributed by atoms with van der Waals surface area (Å²) in [6, 6.07) is 11.0. The highest BCUT2D eigenvalue weighted by atomic mass is 32.2. The second kappa shape index (κ2) is 12.9. The number of hydrogen-bond acceptors (Lipinski definition) is 7. The molecule has 0 bridgehead atoms. The SMILES string of the molecule is CC[C@@H](C(=O)NC(C)(C)C)N(Cc1cccc(OC)c1)C(=O)CN(c1ccc(OC)cc1OC)S(C)(=O)=O. The van der Waals surface area contributed by atoms with Gasteiger partial charge in [0.2, 0.25) is 21.8 Å². The molecule has 2 rings (SSSR count). The van der Waals surface area contributed by atoms with E-state index in [1.807, 2.05) is 26.8 Å². The second-order valence-corrected chi connectivity index (χ2v) is 11.8. The van der Waals surface area contributed by atoms with Gasteiger partial charge in [0.25, 0.3) is 0 Å². The molecule has 0 saturated carbocycles. The predicted molar refractivity (Wildman–Crippen MR) is 147 cm³/mol. The molecule has 0 spiro atoms. The Hall–Kier alpha value is -3.47. The number of anilines is 1. The quantitative estimate of drug-likeness (QED) is 0.432. The molecule has 210 valence electrons. The fourth-order valence-corrected chi connectivity index (χ4v) is 4.78. The molecule has 2 aromatic rings. The third-order valence-electron chi connectivity index (χ3n) is 5.71. The van der Waals surface area contributed by atoms with Gasteiger partial charge in [-0.25, -0.2) is 8.42 Å². The molecule has 0 aliphatic rings. The standard InChI is InChI=1S/C27H39N3O7S/c1-9-22(26(32)28-27(2,3)4)29(17-19-11-10-12-20(15-19)35-5)25(31)18-30(38(8,33)34)23-14-13-21(36-6)16-24(23)37-7/h10-16,22H,9,17-18H2,1-8H3,(H,28,32)/t22-/m0/s1. The molecule has 0 aliphatic carbocycles. The number of sulfonamides is 1. The molecule has 38 heavy (non-hydrogen) atoms. The third kappa shape index (κ3) is 8.27. The highest BCUT2D eigenvalue weighted by Crippen LogP contribution is 2.34. The average molecular weight is 550 g/mol. The van der Waals surface area contributed by atoms with E-state index < -0.39 is 34.1 Å². The molecule has 2 aromatic carbocycles. The van der Waals surface area contributed by atoms with Crippen molar-refractivity contribution >= 4 is 27.5 Å². The van der Waals surface area contributed by atoms with Crippen LogP contribution in [0.1, 0.15) is 39.7 Å². The summed E-state index contributed by atoms with van der Waals surface area (Å²) in [5.41, 5.74) is 0.384. The molecule has 11 heteroatoms. The predicted octanol–water partition coefficient (Wildman–Crippen LogP) is 3.20. The number of benzene rings is 2. The van der Waals surface area contributed by atoms with E-state index in [2.05, 4.69) is 5.32 Å². The minimum atomic E-state index is -3.92. The van der Waals surface area contributed by atoms with Crippen molar-refractivity contribution in [3.05, 3.63) is 48.0 Å². The van der Waals surface area contributed by atoms with E-state index in [1.165, 1.54) is 31.3 Å². The smallest absolute Gasteiger partial charge is 0.244 e. The normalized spacial score (nSPS) is 12.3. The van der Waals surface area contributed by atoms with Gasteiger partial charge in [0.05, 0.1) is 33.3 Å². The average Bonchev–Trinajstić information content (AvgIpc) is 2.85. The maximum absolute atomic E-state index is 13.9. The Morgan fingerprint density at radius 3 is 2.13 bits per heavy atom. The fraction of sp³-hybridized carbons (Fsp3) is 0.481. The van der Waals surface area contributed by atoms with Crippen LogP contribution in [0.25, 0.3) is 0 Å². The van der Waals surface area contributed by atoms with Gasteiger partial charge in [-0.15, -0.1) is 0 Å². The van der Waals surface area contributed by atoms with Crippen molar-refractivity contribution < 1.29 is 32.2 Å². The van der Waals surface area contributed by atoms with Crippen molar-refractivity contribution in [3.63, 3.8) is 0 Å². The number of methoxy groups -OCH3 is 3. The molecule has 0 unspecified atom stereocenters. The van der Waals surface area contributed by atoms with Gasteiger partial charge in [-0.05, 0) is 57.0 Å². The topological polar surface area (TPSA) is 114 Å². The Morgan fingerprint density at radius 2 is 1.61 bits per heavy atom. The van der Waals surface area contributed by atoms with Gasteiger partial charge in [-0.2, -0.15) is 0 Å². The lowest BCUT2D eigenvalue weighted by Gasteiger charge is -2.34. The molecule has 0 aliphatic heterocycles. The Bertz CT molecular complexity index is 1230. The van der Waals surface area contributed by atoms with Crippen LogP contribution in [-0.2, 0) is 26.2 Å². The Labute approximate surface area is 225 Å². The molecule has 0 saturated heterocycles. The molecule has 0 radical (unpaired) electrons. The first kappa shape index (κ1) is 30.8. The second-order valence-electron chi connectivity index (χ2n) is 9.84. The number of nitrogens with zero attached hydrogens (tertiary/aromatic N) is 2. The molecular formula is C27H39N3O7S. The van der Waals surface area contributed by atoms with Crippen molar-refractivity contribution in [2.24, 2.45) is 0 Å². The number of nitrogens with one attached hydrogen (secondary N) is 1. The lowest BCUT2D eigenvalue weighted by molar-refractivity contribution is -0.141. The van der Waals surface area contributed by atoms with Gasteiger partial charge < -0.3 is 24.4 Å². The summed E-state index contributed by atoms with van der Waals surface area (Å²) in [4.78, 5) is 28.6. The first-order valence-electron chi connectivity index (χ1n) is 12.2. The van der Waals surface area contributed by atoms with Crippen LogP contribution in [0.3, 0.4) is 0 Å². The van der Waals surface area contributed by atoms with Gasteiger partial charge in [-0.1, -0.05) is 19.1 Å². The zero-order valence-electron chi connectivity index (χ0n) is 23.4. The van der Waals surface area contributed by atoms with Crippen molar-refractivity contribution in [1.29, 1.82) is 0 Å². The summed E-state index contributed by atoms with van der Waals surface area (Å²) >= 11 is 0. The van der Waals surface area contributed by atoms with E-state index in [9.17, 15) is 18.0 Å². The first-order valence-corrected chi connectivity index (χ1v) is 14.0. The van der Waals surface area contributed by atoms with Crippen molar-refractivity contribution in [2.45, 2.75) is 52.2 Å². The summed E-state index contributed by atoms with van der Waals surface area (Å²) in [5.74, 6) is 0.411. The Kier molecular flexibility index (Phi) is 10.4. The van der Waals surface area contributed by atoms with E-state index in [-0.39, 0.29) is 23.9 Å². The van der Waals surface area contributed by atoms with Crippen LogP contribution in [0.5, 0.6) is 17.2 Å². The van der Waals surface area contributed by atoms with Gasteiger partial charge in [0.15, 0.2) is 0 Å². The number of carbonyl (C=O) groups excluding carboxylic acids is 2. The fourth-order valence-electron chi connectivity index (χ4n) is 3.93. The third-order valence-corrected chi connectivity index (χ3v) is 6.83. The van der Waals surface area contributed by atoms with Crippen molar-refractivity contribution in [3.8, 4) is 17.2 Å². The van der Waals surface area contributed by atoms with Crippen molar-refractivity contribution in [2.75, 3.05) is 38.4 Å². The number of rotatable bonds is 12. The maximum Gasteiger partial charge on any atom is 0.244 e. The monoisotopic (exact) mass is 549 g/mol. The van der Waals surface area contributed by atoms with Crippen LogP contribution in [0, 0.1) is 0 Å². The summed E-state index contributed by atoms with van der Waals surface area (Å²) in [6.07, 6.45) is 1.34. The van der Waals surface area contributed by atoms with Crippen LogP contribution in [0.4, 0.5) is 5.69 Å². The molecule has 1 atom stereocenters. The highest BCUT2D eigenvalue weighted by molar-refractivity contribution is 7.92. The molecular weight excluding hydrogens is 510 g/mol. The maximum atomic E-state index is 13.9. The van der Waals surface area contributed by atoms with E-state index >= 15 is 0 Å². The van der Waals surface area contributed by atoms with E-state index in [0.29, 0.717) is 17.9 Å². The number of carbonyl (C=O) groups is 2. The van der Waals surface area contributed by atoms with Gasteiger partial charge in [0, 0.05) is 18.2 Å². The molecule has 1 N–H and O–H groups in total. The van der Waals surface area contributed by atoms with E-state index in [0.717, 1.165) is 16.1 Å². The Balaban J connectivity index is 2.54. The Morgan fingerprint density at radius 1 is 0.974 bits per heavy atom. The van der Waals surface area contributed by atoms with Gasteiger partial charge in [0.1, 0.15) is 29.8 Å². The number of amides is 2. The van der Waals surface area contributed by atoms with Crippen LogP contribution in [0.2, 0.25) is 0 Å². The molecule has 2 amide bonds. The summed E-state index contributed by atoms with van der Waals surface area (Å²) in [7, 11) is 0.507. The molecule has 0 heterocycles. The summed E-state index contributed by atoms with van der Waals surface area (Å²) < 4.78 is 42.7.